The molecule has 0 saturated heterocycles. The van der Waals surface area contributed by atoms with Crippen molar-refractivity contribution in [3.63, 3.8) is 0 Å². The van der Waals surface area contributed by atoms with E-state index in [9.17, 15) is 4.79 Å². The molecule has 2 aromatic rings. The van der Waals surface area contributed by atoms with Crippen LogP contribution in [0.1, 0.15) is 32.9 Å². The number of nitrogens with one attached hydrogen (secondary N) is 1. The zero-order valence-electron chi connectivity index (χ0n) is 12.3. The number of carbonyl (C=O) groups excluding carboxylic acids is 1. The van der Waals surface area contributed by atoms with Crippen LogP contribution in [0.5, 0.6) is 0 Å². The fraction of sp³-hybridized carbons (Fsp3) is 0.250. The number of benzene rings is 1. The van der Waals surface area contributed by atoms with Gasteiger partial charge in [-0.15, -0.1) is 0 Å². The smallest absolute Gasteiger partial charge is 0.261 e. The molecule has 1 heterocycles. The Morgan fingerprint density at radius 3 is 2.71 bits per heavy atom. The molecule has 1 aromatic heterocycles. The minimum absolute atomic E-state index is 0.230. The van der Waals surface area contributed by atoms with Crippen LogP contribution in [0, 0.1) is 32.6 Å². The SMILES string of the molecule is Cc1cc(NC(=O)c2c(C)noc2C)ccc1C#CCN. The van der Waals surface area contributed by atoms with E-state index in [1.54, 1.807) is 13.8 Å². The molecule has 0 unspecified atom stereocenters. The van der Waals surface area contributed by atoms with Gasteiger partial charge < -0.3 is 15.6 Å². The Morgan fingerprint density at radius 1 is 1.38 bits per heavy atom. The molecule has 21 heavy (non-hydrogen) atoms. The van der Waals surface area contributed by atoms with Crippen LogP contribution in [0.3, 0.4) is 0 Å². The molecule has 0 bridgehead atoms. The molecule has 1 amide bonds. The zero-order chi connectivity index (χ0) is 15.4. The number of hydrogen-bond acceptors (Lipinski definition) is 4. The highest BCUT2D eigenvalue weighted by molar-refractivity contribution is 6.05. The summed E-state index contributed by atoms with van der Waals surface area (Å²) in [6, 6.07) is 5.54. The molecule has 1 aromatic carbocycles. The molecule has 0 radical (unpaired) electrons. The fourth-order valence-corrected chi connectivity index (χ4v) is 2.03. The maximum atomic E-state index is 12.2. The Bertz CT molecular complexity index is 716. The molecule has 0 aliphatic rings. The summed E-state index contributed by atoms with van der Waals surface area (Å²) >= 11 is 0. The summed E-state index contributed by atoms with van der Waals surface area (Å²) in [4.78, 5) is 12.2. The Morgan fingerprint density at radius 2 is 2.14 bits per heavy atom. The number of rotatable bonds is 2. The molecule has 5 heteroatoms. The molecule has 0 spiro atoms. The predicted molar refractivity (Wildman–Crippen MR) is 81.0 cm³/mol. The molecular weight excluding hydrogens is 266 g/mol. The van der Waals surface area contributed by atoms with Crippen LogP contribution in [0.25, 0.3) is 0 Å². The Hall–Kier alpha value is -2.58. The third-order valence-corrected chi connectivity index (χ3v) is 3.07. The van der Waals surface area contributed by atoms with E-state index in [1.165, 1.54) is 0 Å². The van der Waals surface area contributed by atoms with E-state index in [-0.39, 0.29) is 5.91 Å². The lowest BCUT2D eigenvalue weighted by atomic mass is 10.1. The van der Waals surface area contributed by atoms with Crippen LogP contribution in [-0.4, -0.2) is 17.6 Å². The maximum absolute atomic E-state index is 12.2. The van der Waals surface area contributed by atoms with E-state index in [1.807, 2.05) is 25.1 Å². The first-order valence-corrected chi connectivity index (χ1v) is 6.56. The highest BCUT2D eigenvalue weighted by Gasteiger charge is 2.17. The van der Waals surface area contributed by atoms with Crippen molar-refractivity contribution in [2.24, 2.45) is 5.73 Å². The molecule has 0 atom stereocenters. The zero-order valence-corrected chi connectivity index (χ0v) is 12.3. The summed E-state index contributed by atoms with van der Waals surface area (Å²) in [5, 5.41) is 6.62. The van der Waals surface area contributed by atoms with Gasteiger partial charge in [0.2, 0.25) is 0 Å². The van der Waals surface area contributed by atoms with Gasteiger partial charge in [-0.2, -0.15) is 0 Å². The van der Waals surface area contributed by atoms with Crippen molar-refractivity contribution >= 4 is 11.6 Å². The van der Waals surface area contributed by atoms with Crippen LogP contribution in [0.15, 0.2) is 22.7 Å². The first-order valence-electron chi connectivity index (χ1n) is 6.56. The number of aryl methyl sites for hydroxylation is 3. The minimum atomic E-state index is -0.230. The highest BCUT2D eigenvalue weighted by atomic mass is 16.5. The number of nitrogens with zero attached hydrogens (tertiary/aromatic N) is 1. The fourth-order valence-electron chi connectivity index (χ4n) is 2.03. The van der Waals surface area contributed by atoms with E-state index in [4.69, 9.17) is 10.3 Å². The predicted octanol–water partition coefficient (Wildman–Crippen LogP) is 2.16. The standard InChI is InChI=1S/C16H17N3O2/c1-10-9-14(7-6-13(10)5-4-8-17)18-16(20)15-11(2)19-21-12(15)3/h6-7,9H,8,17H2,1-3H3,(H,18,20). The van der Waals surface area contributed by atoms with Crippen molar-refractivity contribution in [2.75, 3.05) is 11.9 Å². The molecule has 0 aliphatic carbocycles. The summed E-state index contributed by atoms with van der Waals surface area (Å²) < 4.78 is 5.00. The normalized spacial score (nSPS) is 9.90. The number of amides is 1. The van der Waals surface area contributed by atoms with Gasteiger partial charge >= 0.3 is 0 Å². The van der Waals surface area contributed by atoms with Crippen LogP contribution in [0.4, 0.5) is 5.69 Å². The van der Waals surface area contributed by atoms with Crippen LogP contribution in [-0.2, 0) is 0 Å². The summed E-state index contributed by atoms with van der Waals surface area (Å²) in [6.07, 6.45) is 0. The molecule has 108 valence electrons. The first kappa shape index (κ1) is 14.8. The first-order chi connectivity index (χ1) is 10.0. The van der Waals surface area contributed by atoms with Gasteiger partial charge in [0.05, 0.1) is 12.2 Å². The summed E-state index contributed by atoms with van der Waals surface area (Å²) in [5.74, 6) is 6.08. The molecular formula is C16H17N3O2. The van der Waals surface area contributed by atoms with Gasteiger partial charge in [0.25, 0.3) is 5.91 Å². The maximum Gasteiger partial charge on any atom is 0.261 e. The average molecular weight is 283 g/mol. The van der Waals surface area contributed by atoms with Crippen LogP contribution < -0.4 is 11.1 Å². The third kappa shape index (κ3) is 3.30. The molecule has 0 fully saturated rings. The van der Waals surface area contributed by atoms with Crippen molar-refractivity contribution in [1.82, 2.24) is 5.16 Å². The molecule has 5 nitrogen and oxygen atoms in total. The number of nitrogens with two attached hydrogens (primary N) is 1. The van der Waals surface area contributed by atoms with Crippen molar-refractivity contribution in [1.29, 1.82) is 0 Å². The number of carbonyl (C=O) groups is 1. The molecule has 0 aliphatic heterocycles. The second-order valence-corrected chi connectivity index (χ2v) is 4.69. The lowest BCUT2D eigenvalue weighted by Gasteiger charge is -2.07. The summed E-state index contributed by atoms with van der Waals surface area (Å²) in [5.41, 5.74) is 8.99. The largest absolute Gasteiger partial charge is 0.361 e. The minimum Gasteiger partial charge on any atom is -0.361 e. The third-order valence-electron chi connectivity index (χ3n) is 3.07. The van der Waals surface area contributed by atoms with Gasteiger partial charge in [0, 0.05) is 11.3 Å². The lowest BCUT2D eigenvalue weighted by Crippen LogP contribution is -2.13. The van der Waals surface area contributed by atoms with Gasteiger partial charge in [-0.1, -0.05) is 17.0 Å². The van der Waals surface area contributed by atoms with Gasteiger partial charge in [0.15, 0.2) is 0 Å². The van der Waals surface area contributed by atoms with E-state index in [0.717, 1.165) is 11.1 Å². The van der Waals surface area contributed by atoms with Gasteiger partial charge in [0.1, 0.15) is 11.3 Å². The summed E-state index contributed by atoms with van der Waals surface area (Å²) in [6.45, 7) is 5.71. The summed E-state index contributed by atoms with van der Waals surface area (Å²) in [7, 11) is 0. The van der Waals surface area contributed by atoms with Crippen molar-refractivity contribution in [2.45, 2.75) is 20.8 Å². The Labute approximate surface area is 123 Å². The number of hydrogen-bond donors (Lipinski definition) is 2. The van der Waals surface area contributed by atoms with Crippen molar-refractivity contribution < 1.29 is 9.32 Å². The van der Waals surface area contributed by atoms with E-state index in [0.29, 0.717) is 29.2 Å². The highest BCUT2D eigenvalue weighted by Crippen LogP contribution is 2.18. The second kappa shape index (κ2) is 6.25. The monoisotopic (exact) mass is 283 g/mol. The second-order valence-electron chi connectivity index (χ2n) is 4.69. The van der Waals surface area contributed by atoms with Gasteiger partial charge in [-0.3, -0.25) is 4.79 Å². The van der Waals surface area contributed by atoms with Crippen LogP contribution in [0.2, 0.25) is 0 Å². The van der Waals surface area contributed by atoms with E-state index in [2.05, 4.69) is 22.3 Å². The molecule has 2 rings (SSSR count). The quantitative estimate of drug-likeness (QED) is 0.828. The Kier molecular flexibility index (Phi) is 4.41. The van der Waals surface area contributed by atoms with Crippen molar-refractivity contribution in [3.05, 3.63) is 46.3 Å². The lowest BCUT2D eigenvalue weighted by molar-refractivity contribution is 0.102. The average Bonchev–Trinajstić information content (AvgIpc) is 2.77. The van der Waals surface area contributed by atoms with Crippen LogP contribution >= 0.6 is 0 Å². The Balaban J connectivity index is 2.21. The van der Waals surface area contributed by atoms with E-state index >= 15 is 0 Å². The number of anilines is 1. The van der Waals surface area contributed by atoms with Gasteiger partial charge in [-0.05, 0) is 44.5 Å². The molecule has 0 saturated carbocycles. The molecule has 3 N–H and O–H groups in total. The number of aromatic nitrogens is 1. The van der Waals surface area contributed by atoms with Gasteiger partial charge in [-0.25, -0.2) is 0 Å². The topological polar surface area (TPSA) is 81.2 Å². The van der Waals surface area contributed by atoms with Crippen molar-refractivity contribution in [3.8, 4) is 11.8 Å². The van der Waals surface area contributed by atoms with E-state index < -0.39 is 0 Å².